The summed E-state index contributed by atoms with van der Waals surface area (Å²) in [5.41, 5.74) is 1.81. The van der Waals surface area contributed by atoms with E-state index in [2.05, 4.69) is 15.3 Å². The number of benzene rings is 2. The molecule has 0 saturated carbocycles. The molecule has 1 aromatic heterocycles. The molecule has 25 heavy (non-hydrogen) atoms. The number of anilines is 1. The zero-order valence-corrected chi connectivity index (χ0v) is 13.9. The van der Waals surface area contributed by atoms with Crippen molar-refractivity contribution < 1.29 is 4.79 Å². The lowest BCUT2D eigenvalue weighted by Crippen LogP contribution is -2.31. The van der Waals surface area contributed by atoms with Gasteiger partial charge in [0.2, 0.25) is 5.91 Å². The van der Waals surface area contributed by atoms with Gasteiger partial charge in [-0.2, -0.15) is 0 Å². The van der Waals surface area contributed by atoms with Crippen molar-refractivity contribution in [3.05, 3.63) is 81.1 Å². The van der Waals surface area contributed by atoms with Crippen LogP contribution in [0.1, 0.15) is 23.5 Å². The number of aromatic amines is 1. The normalized spacial score (nSPS) is 16.2. The van der Waals surface area contributed by atoms with Gasteiger partial charge in [-0.15, -0.1) is 0 Å². The summed E-state index contributed by atoms with van der Waals surface area (Å²) in [5.74, 6) is 0.193. The Bertz CT molecular complexity index is 1010. The SMILES string of the molecule is O=C1C[C@H](c2cccc(Cl)c2)c2c(nc(-c3ccccc3)[nH]c2=O)N1. The number of rotatable bonds is 2. The molecule has 4 rings (SSSR count). The minimum atomic E-state index is -0.372. The van der Waals surface area contributed by atoms with E-state index in [1.165, 1.54) is 0 Å². The fraction of sp³-hybridized carbons (Fsp3) is 0.105. The van der Waals surface area contributed by atoms with Crippen molar-refractivity contribution in [3.8, 4) is 11.4 Å². The Labute approximate surface area is 148 Å². The van der Waals surface area contributed by atoms with Crippen LogP contribution in [0.3, 0.4) is 0 Å². The molecular formula is C19H14ClN3O2. The van der Waals surface area contributed by atoms with Crippen LogP contribution >= 0.6 is 11.6 Å². The van der Waals surface area contributed by atoms with E-state index in [0.29, 0.717) is 22.2 Å². The maximum atomic E-state index is 12.8. The summed E-state index contributed by atoms with van der Waals surface area (Å²) >= 11 is 6.07. The Hall–Kier alpha value is -2.92. The van der Waals surface area contributed by atoms with Crippen molar-refractivity contribution in [3.63, 3.8) is 0 Å². The van der Waals surface area contributed by atoms with Gasteiger partial charge in [0.25, 0.3) is 5.56 Å². The average Bonchev–Trinajstić information content (AvgIpc) is 2.61. The molecule has 0 radical (unpaired) electrons. The maximum Gasteiger partial charge on any atom is 0.257 e. The molecule has 1 aliphatic rings. The second-order valence-corrected chi connectivity index (χ2v) is 6.34. The minimum absolute atomic E-state index is 0.172. The molecular weight excluding hydrogens is 338 g/mol. The summed E-state index contributed by atoms with van der Waals surface area (Å²) in [6, 6.07) is 16.5. The molecule has 5 nitrogen and oxygen atoms in total. The number of H-pyrrole nitrogens is 1. The van der Waals surface area contributed by atoms with Crippen LogP contribution in [0.25, 0.3) is 11.4 Å². The molecule has 0 bridgehead atoms. The number of fused-ring (bicyclic) bond motifs is 1. The van der Waals surface area contributed by atoms with E-state index in [1.54, 1.807) is 12.1 Å². The molecule has 1 aliphatic heterocycles. The molecule has 0 spiro atoms. The van der Waals surface area contributed by atoms with Gasteiger partial charge in [0, 0.05) is 22.9 Å². The number of hydrogen-bond acceptors (Lipinski definition) is 3. The summed E-state index contributed by atoms with van der Waals surface area (Å²) in [6.07, 6.45) is 0.183. The molecule has 1 amide bonds. The van der Waals surface area contributed by atoms with Crippen LogP contribution in [0.4, 0.5) is 5.82 Å². The summed E-state index contributed by atoms with van der Waals surface area (Å²) in [6.45, 7) is 0. The maximum absolute atomic E-state index is 12.8. The monoisotopic (exact) mass is 351 g/mol. The number of aromatic nitrogens is 2. The lowest BCUT2D eigenvalue weighted by molar-refractivity contribution is -0.116. The van der Waals surface area contributed by atoms with Crippen molar-refractivity contribution in [1.29, 1.82) is 0 Å². The summed E-state index contributed by atoms with van der Waals surface area (Å²) in [7, 11) is 0. The van der Waals surface area contributed by atoms with Crippen molar-refractivity contribution >= 4 is 23.3 Å². The molecule has 0 fully saturated rings. The van der Waals surface area contributed by atoms with Crippen LogP contribution in [-0.2, 0) is 4.79 Å². The topological polar surface area (TPSA) is 74.8 Å². The van der Waals surface area contributed by atoms with Crippen molar-refractivity contribution in [1.82, 2.24) is 9.97 Å². The molecule has 3 aromatic rings. The highest BCUT2D eigenvalue weighted by atomic mass is 35.5. The number of amides is 1. The summed E-state index contributed by atoms with van der Waals surface area (Å²) in [5, 5.41) is 3.29. The zero-order valence-electron chi connectivity index (χ0n) is 13.1. The van der Waals surface area contributed by atoms with Gasteiger partial charge in [0.05, 0.1) is 5.56 Å². The average molecular weight is 352 g/mol. The Morgan fingerprint density at radius 2 is 1.84 bits per heavy atom. The number of hydrogen-bond donors (Lipinski definition) is 2. The first-order valence-corrected chi connectivity index (χ1v) is 8.24. The molecule has 0 saturated heterocycles. The molecule has 2 N–H and O–H groups in total. The van der Waals surface area contributed by atoms with Crippen molar-refractivity contribution in [2.45, 2.75) is 12.3 Å². The number of carbonyl (C=O) groups excluding carboxylic acids is 1. The standard InChI is InChI=1S/C19H14ClN3O2/c20-13-8-4-7-12(9-13)14-10-15(24)21-18-16(14)19(25)23-17(22-18)11-5-2-1-3-6-11/h1-9,14H,10H2,(H2,21,22,23,24,25)/t14-/m1/s1. The van der Waals surface area contributed by atoms with Crippen LogP contribution in [0.5, 0.6) is 0 Å². The highest BCUT2D eigenvalue weighted by molar-refractivity contribution is 6.30. The van der Waals surface area contributed by atoms with Crippen molar-refractivity contribution in [2.75, 3.05) is 5.32 Å². The van der Waals surface area contributed by atoms with Crippen LogP contribution in [0.2, 0.25) is 5.02 Å². The number of carbonyl (C=O) groups is 1. The molecule has 124 valence electrons. The van der Waals surface area contributed by atoms with Gasteiger partial charge in [0.1, 0.15) is 11.6 Å². The van der Waals surface area contributed by atoms with E-state index in [-0.39, 0.29) is 23.8 Å². The lowest BCUT2D eigenvalue weighted by atomic mass is 9.87. The van der Waals surface area contributed by atoms with Gasteiger partial charge >= 0.3 is 0 Å². The van der Waals surface area contributed by atoms with Crippen LogP contribution in [-0.4, -0.2) is 15.9 Å². The van der Waals surface area contributed by atoms with E-state index < -0.39 is 0 Å². The van der Waals surface area contributed by atoms with Gasteiger partial charge in [-0.1, -0.05) is 54.1 Å². The smallest absolute Gasteiger partial charge is 0.257 e. The summed E-state index contributed by atoms with van der Waals surface area (Å²) < 4.78 is 0. The van der Waals surface area contributed by atoms with Gasteiger partial charge in [-0.3, -0.25) is 9.59 Å². The second-order valence-electron chi connectivity index (χ2n) is 5.90. The number of halogens is 1. The highest BCUT2D eigenvalue weighted by Crippen LogP contribution is 2.35. The quantitative estimate of drug-likeness (QED) is 0.741. The van der Waals surface area contributed by atoms with Gasteiger partial charge in [-0.05, 0) is 17.7 Å². The molecule has 2 aromatic carbocycles. The van der Waals surface area contributed by atoms with E-state index >= 15 is 0 Å². The molecule has 0 aliphatic carbocycles. The van der Waals surface area contributed by atoms with Gasteiger partial charge in [-0.25, -0.2) is 4.98 Å². The predicted octanol–water partition coefficient (Wildman–Crippen LogP) is 3.56. The van der Waals surface area contributed by atoms with Crippen LogP contribution < -0.4 is 10.9 Å². The van der Waals surface area contributed by atoms with Gasteiger partial charge < -0.3 is 10.3 Å². The Morgan fingerprint density at radius 1 is 1.04 bits per heavy atom. The van der Waals surface area contributed by atoms with Gasteiger partial charge in [0.15, 0.2) is 0 Å². The first-order valence-electron chi connectivity index (χ1n) is 7.87. The number of nitrogens with one attached hydrogen (secondary N) is 2. The molecule has 1 atom stereocenters. The third kappa shape index (κ3) is 2.94. The van der Waals surface area contributed by atoms with E-state index in [1.807, 2.05) is 42.5 Å². The molecule has 6 heteroatoms. The van der Waals surface area contributed by atoms with E-state index in [4.69, 9.17) is 11.6 Å². The van der Waals surface area contributed by atoms with Crippen LogP contribution in [0, 0.1) is 0 Å². The first-order chi connectivity index (χ1) is 12.1. The Morgan fingerprint density at radius 3 is 2.60 bits per heavy atom. The van der Waals surface area contributed by atoms with E-state index in [9.17, 15) is 9.59 Å². The second kappa shape index (κ2) is 6.18. The fourth-order valence-corrected chi connectivity index (χ4v) is 3.31. The Kier molecular flexibility index (Phi) is 3.86. The molecule has 0 unspecified atom stereocenters. The third-order valence-electron chi connectivity index (χ3n) is 4.25. The van der Waals surface area contributed by atoms with E-state index in [0.717, 1.165) is 11.1 Å². The highest BCUT2D eigenvalue weighted by Gasteiger charge is 2.31. The Balaban J connectivity index is 1.87. The first kappa shape index (κ1) is 15.6. The number of nitrogens with zero attached hydrogens (tertiary/aromatic N) is 1. The fourth-order valence-electron chi connectivity index (χ4n) is 3.11. The minimum Gasteiger partial charge on any atom is -0.310 e. The molecule has 2 heterocycles. The zero-order chi connectivity index (χ0) is 17.4. The predicted molar refractivity (Wildman–Crippen MR) is 96.8 cm³/mol. The summed E-state index contributed by atoms with van der Waals surface area (Å²) in [4.78, 5) is 32.2. The van der Waals surface area contributed by atoms with Crippen molar-refractivity contribution in [2.24, 2.45) is 0 Å². The third-order valence-corrected chi connectivity index (χ3v) is 4.48. The van der Waals surface area contributed by atoms with Crippen LogP contribution in [0.15, 0.2) is 59.4 Å². The largest absolute Gasteiger partial charge is 0.310 e. The lowest BCUT2D eigenvalue weighted by Gasteiger charge is -2.24.